The van der Waals surface area contributed by atoms with Crippen LogP contribution in [0, 0.1) is 0 Å². The largest absolute Gasteiger partial charge is 0.493 e. The number of rotatable bonds is 4. The maximum Gasteiger partial charge on any atom is 0.326 e. The van der Waals surface area contributed by atoms with E-state index in [1.165, 1.54) is 10.5 Å². The van der Waals surface area contributed by atoms with Gasteiger partial charge in [0.25, 0.3) is 5.91 Å². The summed E-state index contributed by atoms with van der Waals surface area (Å²) in [5.74, 6) is 1.28. The average molecular weight is 421 g/mol. The summed E-state index contributed by atoms with van der Waals surface area (Å²) in [6, 6.07) is 11.7. The number of benzene rings is 2. The van der Waals surface area contributed by atoms with E-state index >= 15 is 0 Å². The summed E-state index contributed by atoms with van der Waals surface area (Å²) >= 11 is 0. The van der Waals surface area contributed by atoms with Crippen molar-refractivity contribution in [3.8, 4) is 11.5 Å². The molecular formula is C24H27N3O4. The number of ether oxygens (including phenoxy) is 2. The molecule has 31 heavy (non-hydrogen) atoms. The standard InChI is InChI=1S/C24H27N3O4/c1-30-20-12-17-9-11-26(14-18(17)13-21(20)31-2)15-27-22(28)24(25-23(27)29)10-5-7-16-6-3-4-8-19(16)24/h3-4,6,8,12-13H,5,7,9-11,14-15H2,1-2H3,(H,25,29)/t24-/m0/s1. The molecule has 1 N–H and O–H groups in total. The predicted molar refractivity (Wildman–Crippen MR) is 115 cm³/mol. The quantitative estimate of drug-likeness (QED) is 0.769. The van der Waals surface area contributed by atoms with Gasteiger partial charge in [-0.15, -0.1) is 0 Å². The Kier molecular flexibility index (Phi) is 4.85. The van der Waals surface area contributed by atoms with Gasteiger partial charge < -0.3 is 14.8 Å². The van der Waals surface area contributed by atoms with Gasteiger partial charge in [-0.1, -0.05) is 24.3 Å². The molecule has 2 aromatic carbocycles. The van der Waals surface area contributed by atoms with Crippen LogP contribution in [0.3, 0.4) is 0 Å². The fraction of sp³-hybridized carbons (Fsp3) is 0.417. The van der Waals surface area contributed by atoms with Gasteiger partial charge in [-0.25, -0.2) is 9.69 Å². The topological polar surface area (TPSA) is 71.1 Å². The second-order valence-electron chi connectivity index (χ2n) is 8.50. The first-order valence-electron chi connectivity index (χ1n) is 10.7. The fourth-order valence-electron chi connectivity index (χ4n) is 5.20. The number of aryl methyl sites for hydroxylation is 1. The van der Waals surface area contributed by atoms with E-state index in [9.17, 15) is 9.59 Å². The van der Waals surface area contributed by atoms with E-state index in [4.69, 9.17) is 9.47 Å². The molecule has 7 nitrogen and oxygen atoms in total. The Morgan fingerprint density at radius 2 is 1.74 bits per heavy atom. The molecule has 0 aromatic heterocycles. The molecule has 0 bridgehead atoms. The van der Waals surface area contributed by atoms with Crippen LogP contribution in [-0.4, -0.2) is 49.2 Å². The second kappa shape index (κ2) is 7.57. The summed E-state index contributed by atoms with van der Waals surface area (Å²) in [5, 5.41) is 3.04. The highest BCUT2D eigenvalue weighted by atomic mass is 16.5. The first kappa shape index (κ1) is 19.9. The van der Waals surface area contributed by atoms with Crippen molar-refractivity contribution in [1.29, 1.82) is 0 Å². The number of imide groups is 1. The number of hydrogen-bond acceptors (Lipinski definition) is 5. The van der Waals surface area contributed by atoms with E-state index in [0.29, 0.717) is 18.7 Å². The minimum absolute atomic E-state index is 0.136. The van der Waals surface area contributed by atoms with Crippen molar-refractivity contribution in [2.45, 2.75) is 37.8 Å². The van der Waals surface area contributed by atoms with Crippen LogP contribution < -0.4 is 14.8 Å². The van der Waals surface area contributed by atoms with E-state index in [-0.39, 0.29) is 18.6 Å². The fourth-order valence-corrected chi connectivity index (χ4v) is 5.20. The number of nitrogens with one attached hydrogen (secondary N) is 1. The third kappa shape index (κ3) is 3.15. The number of carbonyl (C=O) groups is 2. The van der Waals surface area contributed by atoms with Crippen molar-refractivity contribution in [2.24, 2.45) is 0 Å². The minimum Gasteiger partial charge on any atom is -0.493 e. The lowest BCUT2D eigenvalue weighted by Gasteiger charge is -2.34. The molecule has 7 heteroatoms. The van der Waals surface area contributed by atoms with Crippen molar-refractivity contribution in [2.75, 3.05) is 27.4 Å². The summed E-state index contributed by atoms with van der Waals surface area (Å²) in [5.41, 5.74) is 3.52. The Balaban J connectivity index is 1.37. The number of nitrogens with zero attached hydrogens (tertiary/aromatic N) is 2. The zero-order valence-corrected chi connectivity index (χ0v) is 17.9. The molecular weight excluding hydrogens is 394 g/mol. The molecule has 0 radical (unpaired) electrons. The van der Waals surface area contributed by atoms with Gasteiger partial charge in [-0.05, 0) is 60.1 Å². The van der Waals surface area contributed by atoms with Gasteiger partial charge in [-0.2, -0.15) is 0 Å². The van der Waals surface area contributed by atoms with Crippen molar-refractivity contribution in [3.63, 3.8) is 0 Å². The molecule has 2 aromatic rings. The highest BCUT2D eigenvalue weighted by Crippen LogP contribution is 2.40. The normalized spacial score (nSPS) is 22.8. The molecule has 1 spiro atoms. The molecule has 0 saturated carbocycles. The lowest BCUT2D eigenvalue weighted by Crippen LogP contribution is -2.48. The highest BCUT2D eigenvalue weighted by molar-refractivity contribution is 6.07. The first-order chi connectivity index (χ1) is 15.1. The van der Waals surface area contributed by atoms with Crippen molar-refractivity contribution < 1.29 is 19.1 Å². The molecule has 0 unspecified atom stereocenters. The lowest BCUT2D eigenvalue weighted by atomic mass is 9.76. The molecule has 3 aliphatic rings. The van der Waals surface area contributed by atoms with E-state index in [2.05, 4.69) is 16.3 Å². The van der Waals surface area contributed by atoms with Crippen LogP contribution in [0.5, 0.6) is 11.5 Å². The summed E-state index contributed by atoms with van der Waals surface area (Å²) in [6.45, 7) is 1.70. The number of urea groups is 1. The SMILES string of the molecule is COc1cc2c(cc1OC)CN(CN1C(=O)N[C@]3(CCCc4ccccc43)C1=O)CC2. The van der Waals surface area contributed by atoms with Gasteiger partial charge in [0.2, 0.25) is 0 Å². The molecule has 1 fully saturated rings. The maximum atomic E-state index is 13.5. The molecule has 1 atom stereocenters. The summed E-state index contributed by atoms with van der Waals surface area (Å²) in [4.78, 5) is 30.0. The Bertz CT molecular complexity index is 1050. The first-order valence-corrected chi connectivity index (χ1v) is 10.7. The zero-order valence-electron chi connectivity index (χ0n) is 17.9. The van der Waals surface area contributed by atoms with Crippen molar-refractivity contribution in [3.05, 3.63) is 58.7 Å². The Hall–Kier alpha value is -3.06. The van der Waals surface area contributed by atoms with Crippen LogP contribution in [0.1, 0.15) is 35.1 Å². The van der Waals surface area contributed by atoms with Crippen molar-refractivity contribution in [1.82, 2.24) is 15.1 Å². The van der Waals surface area contributed by atoms with Gasteiger partial charge in [-0.3, -0.25) is 9.69 Å². The van der Waals surface area contributed by atoms with E-state index in [1.54, 1.807) is 14.2 Å². The Morgan fingerprint density at radius 1 is 1.00 bits per heavy atom. The van der Waals surface area contributed by atoms with E-state index < -0.39 is 5.54 Å². The summed E-state index contributed by atoms with van der Waals surface area (Å²) in [6.07, 6.45) is 3.29. The van der Waals surface area contributed by atoms with Crippen LogP contribution in [0.4, 0.5) is 4.79 Å². The second-order valence-corrected chi connectivity index (χ2v) is 8.50. The number of hydrogen-bond donors (Lipinski definition) is 1. The molecule has 1 aliphatic carbocycles. The molecule has 2 aliphatic heterocycles. The maximum absolute atomic E-state index is 13.5. The number of carbonyl (C=O) groups excluding carboxylic acids is 2. The van der Waals surface area contributed by atoms with Gasteiger partial charge in [0, 0.05) is 13.1 Å². The Morgan fingerprint density at radius 3 is 2.52 bits per heavy atom. The van der Waals surface area contributed by atoms with Gasteiger partial charge in [0.1, 0.15) is 5.54 Å². The summed E-state index contributed by atoms with van der Waals surface area (Å²) in [7, 11) is 3.26. The van der Waals surface area contributed by atoms with Crippen LogP contribution in [0.15, 0.2) is 36.4 Å². The smallest absolute Gasteiger partial charge is 0.326 e. The average Bonchev–Trinajstić information content (AvgIpc) is 3.03. The van der Waals surface area contributed by atoms with Crippen LogP contribution in [0.25, 0.3) is 0 Å². The third-order valence-corrected chi connectivity index (χ3v) is 6.79. The van der Waals surface area contributed by atoms with Crippen molar-refractivity contribution >= 4 is 11.9 Å². The molecule has 5 rings (SSSR count). The molecule has 1 saturated heterocycles. The van der Waals surface area contributed by atoms with Gasteiger partial charge in [0.15, 0.2) is 11.5 Å². The molecule has 162 valence electrons. The van der Waals surface area contributed by atoms with Gasteiger partial charge in [0.05, 0.1) is 20.9 Å². The van der Waals surface area contributed by atoms with E-state index in [1.807, 2.05) is 30.3 Å². The van der Waals surface area contributed by atoms with Crippen LogP contribution in [-0.2, 0) is 29.7 Å². The number of methoxy groups -OCH3 is 2. The Labute approximate surface area is 181 Å². The summed E-state index contributed by atoms with van der Waals surface area (Å²) < 4.78 is 10.9. The minimum atomic E-state index is -0.920. The molecule has 3 amide bonds. The molecule has 2 heterocycles. The lowest BCUT2D eigenvalue weighted by molar-refractivity contribution is -0.133. The third-order valence-electron chi connectivity index (χ3n) is 6.79. The van der Waals surface area contributed by atoms with Crippen LogP contribution in [0.2, 0.25) is 0 Å². The highest BCUT2D eigenvalue weighted by Gasteiger charge is 2.54. The number of fused-ring (bicyclic) bond motifs is 3. The predicted octanol–water partition coefficient (Wildman–Crippen LogP) is 2.80. The number of amides is 3. The monoisotopic (exact) mass is 421 g/mol. The van der Waals surface area contributed by atoms with Crippen LogP contribution >= 0.6 is 0 Å². The van der Waals surface area contributed by atoms with Gasteiger partial charge >= 0.3 is 6.03 Å². The zero-order chi connectivity index (χ0) is 21.6. The van der Waals surface area contributed by atoms with E-state index in [0.717, 1.165) is 48.2 Å².